The van der Waals surface area contributed by atoms with Crippen LogP contribution in [0.2, 0.25) is 0 Å². The highest BCUT2D eigenvalue weighted by Crippen LogP contribution is 2.42. The second-order valence-corrected chi connectivity index (χ2v) is 6.09. The lowest BCUT2D eigenvalue weighted by molar-refractivity contribution is 0.0886. The number of ketones is 1. The molecule has 1 aliphatic heterocycles. The van der Waals surface area contributed by atoms with Gasteiger partial charge in [0.1, 0.15) is 0 Å². The van der Waals surface area contributed by atoms with Gasteiger partial charge in [0, 0.05) is 24.4 Å². The molecule has 2 aliphatic rings. The van der Waals surface area contributed by atoms with Gasteiger partial charge in [0.2, 0.25) is 0 Å². The maximum absolute atomic E-state index is 12.3. The van der Waals surface area contributed by atoms with Crippen molar-refractivity contribution in [3.63, 3.8) is 0 Å². The van der Waals surface area contributed by atoms with Crippen molar-refractivity contribution in [1.82, 2.24) is 4.90 Å². The van der Waals surface area contributed by atoms with Crippen LogP contribution < -0.4 is 0 Å². The minimum Gasteiger partial charge on any atom is -0.306 e. The zero-order valence-electron chi connectivity index (χ0n) is 11.5. The molecule has 2 nitrogen and oxygen atoms in total. The van der Waals surface area contributed by atoms with E-state index in [0.717, 1.165) is 25.1 Å². The number of Topliss-reactive ketones (excluding diaryl/α,β-unsaturated/α-hetero) is 1. The highest BCUT2D eigenvalue weighted by atomic mass is 16.1. The minimum atomic E-state index is 0.369. The predicted octanol–water partition coefficient (Wildman–Crippen LogP) is 2.93. The highest BCUT2D eigenvalue weighted by Gasteiger charge is 2.37. The van der Waals surface area contributed by atoms with Crippen LogP contribution in [0.3, 0.4) is 0 Å². The van der Waals surface area contributed by atoms with Crippen LogP contribution in [0.5, 0.6) is 0 Å². The van der Waals surface area contributed by atoms with Crippen molar-refractivity contribution in [2.75, 3.05) is 20.1 Å². The summed E-state index contributed by atoms with van der Waals surface area (Å²) in [5, 5.41) is 0. The molecule has 0 spiro atoms. The third kappa shape index (κ3) is 1.79. The topological polar surface area (TPSA) is 20.3 Å². The molecular formula is C16H21NO. The van der Waals surface area contributed by atoms with E-state index >= 15 is 0 Å². The molecule has 3 rings (SSSR count). The van der Waals surface area contributed by atoms with Gasteiger partial charge in [-0.1, -0.05) is 17.7 Å². The van der Waals surface area contributed by atoms with E-state index in [1.165, 1.54) is 23.1 Å². The van der Waals surface area contributed by atoms with Gasteiger partial charge in [-0.3, -0.25) is 4.79 Å². The number of carbonyl (C=O) groups is 1. The van der Waals surface area contributed by atoms with Crippen molar-refractivity contribution >= 4 is 5.78 Å². The summed E-state index contributed by atoms with van der Waals surface area (Å²) in [5.74, 6) is 1.51. The molecule has 0 radical (unpaired) electrons. The van der Waals surface area contributed by atoms with Gasteiger partial charge in [-0.05, 0) is 50.9 Å². The first-order valence-corrected chi connectivity index (χ1v) is 6.89. The molecule has 1 aliphatic carbocycles. The smallest absolute Gasteiger partial charge is 0.163 e. The molecule has 2 atom stereocenters. The average Bonchev–Trinajstić information content (AvgIpc) is 2.29. The Morgan fingerprint density at radius 3 is 2.83 bits per heavy atom. The Hall–Kier alpha value is -1.15. The van der Waals surface area contributed by atoms with E-state index in [-0.39, 0.29) is 0 Å². The van der Waals surface area contributed by atoms with Gasteiger partial charge in [-0.15, -0.1) is 0 Å². The third-order valence-corrected chi connectivity index (χ3v) is 4.60. The SMILES string of the molecule is Cc1cc(C)c2c(c1)C1CN(C)CCC1CC2=O. The molecule has 0 saturated carbocycles. The summed E-state index contributed by atoms with van der Waals surface area (Å²) in [7, 11) is 2.19. The fourth-order valence-electron chi connectivity index (χ4n) is 3.77. The Kier molecular flexibility index (Phi) is 2.78. The van der Waals surface area contributed by atoms with E-state index in [2.05, 4.69) is 37.9 Å². The molecular weight excluding hydrogens is 222 g/mol. The number of likely N-dealkylation sites (tertiary alicyclic amines) is 1. The fraction of sp³-hybridized carbons (Fsp3) is 0.562. The number of nitrogens with zero attached hydrogens (tertiary/aromatic N) is 1. The number of hydrogen-bond donors (Lipinski definition) is 0. The summed E-state index contributed by atoms with van der Waals surface area (Å²) in [5.41, 5.74) is 4.80. The maximum atomic E-state index is 12.3. The average molecular weight is 243 g/mol. The number of rotatable bonds is 0. The van der Waals surface area contributed by atoms with Crippen LogP contribution in [0.1, 0.15) is 45.8 Å². The highest BCUT2D eigenvalue weighted by molar-refractivity contribution is 6.00. The Balaban J connectivity index is 2.12. The summed E-state index contributed by atoms with van der Waals surface area (Å²) in [6.45, 7) is 6.45. The van der Waals surface area contributed by atoms with Gasteiger partial charge >= 0.3 is 0 Å². The monoisotopic (exact) mass is 243 g/mol. The van der Waals surface area contributed by atoms with Crippen LogP contribution in [0.25, 0.3) is 0 Å². The fourth-order valence-corrected chi connectivity index (χ4v) is 3.77. The Morgan fingerprint density at radius 2 is 2.06 bits per heavy atom. The molecule has 2 heteroatoms. The number of fused-ring (bicyclic) bond motifs is 3. The quantitative estimate of drug-likeness (QED) is 0.698. The van der Waals surface area contributed by atoms with Gasteiger partial charge in [-0.25, -0.2) is 0 Å². The largest absolute Gasteiger partial charge is 0.306 e. The second kappa shape index (κ2) is 4.20. The number of likely N-dealkylation sites (N-methyl/N-ethyl adjacent to an activating group) is 1. The molecule has 0 amide bonds. The normalized spacial score (nSPS) is 27.8. The molecule has 1 aromatic rings. The number of hydrogen-bond acceptors (Lipinski definition) is 2. The van der Waals surface area contributed by atoms with Crippen LogP contribution in [0.15, 0.2) is 12.1 Å². The van der Waals surface area contributed by atoms with E-state index in [9.17, 15) is 4.79 Å². The zero-order chi connectivity index (χ0) is 12.9. The Bertz CT molecular complexity index is 506. The molecule has 1 aromatic carbocycles. The molecule has 18 heavy (non-hydrogen) atoms. The van der Waals surface area contributed by atoms with Crippen LogP contribution in [-0.4, -0.2) is 30.8 Å². The van der Waals surface area contributed by atoms with Gasteiger partial charge in [-0.2, -0.15) is 0 Å². The standard InChI is InChI=1S/C16H21NO/c1-10-6-11(2)16-13(7-10)14-9-17(3)5-4-12(14)8-15(16)18/h6-7,12,14H,4-5,8-9H2,1-3H3. The van der Waals surface area contributed by atoms with Crippen LogP contribution in [-0.2, 0) is 0 Å². The first-order chi connectivity index (χ1) is 8.56. The summed E-state index contributed by atoms with van der Waals surface area (Å²) in [6.07, 6.45) is 1.93. The van der Waals surface area contributed by atoms with Crippen molar-refractivity contribution in [3.8, 4) is 0 Å². The van der Waals surface area contributed by atoms with E-state index < -0.39 is 0 Å². The van der Waals surface area contributed by atoms with Crippen molar-refractivity contribution < 1.29 is 4.79 Å². The summed E-state index contributed by atoms with van der Waals surface area (Å²) >= 11 is 0. The lowest BCUT2D eigenvalue weighted by atomic mass is 9.70. The van der Waals surface area contributed by atoms with Gasteiger partial charge < -0.3 is 4.90 Å². The number of carbonyl (C=O) groups excluding carboxylic acids is 1. The van der Waals surface area contributed by atoms with E-state index in [0.29, 0.717) is 17.6 Å². The van der Waals surface area contributed by atoms with Crippen molar-refractivity contribution in [3.05, 3.63) is 34.4 Å². The zero-order valence-corrected chi connectivity index (χ0v) is 11.5. The Labute approximate surface area is 109 Å². The lowest BCUT2D eigenvalue weighted by Gasteiger charge is -2.41. The molecule has 2 unspecified atom stereocenters. The first-order valence-electron chi connectivity index (χ1n) is 6.89. The van der Waals surface area contributed by atoms with Gasteiger partial charge in [0.15, 0.2) is 5.78 Å². The minimum absolute atomic E-state index is 0.369. The van der Waals surface area contributed by atoms with Crippen molar-refractivity contribution in [1.29, 1.82) is 0 Å². The van der Waals surface area contributed by atoms with Crippen molar-refractivity contribution in [2.45, 2.75) is 32.6 Å². The molecule has 1 fully saturated rings. The van der Waals surface area contributed by atoms with Crippen molar-refractivity contribution in [2.24, 2.45) is 5.92 Å². The second-order valence-electron chi connectivity index (χ2n) is 6.09. The van der Waals surface area contributed by atoms with Gasteiger partial charge in [0.25, 0.3) is 0 Å². The number of benzene rings is 1. The Morgan fingerprint density at radius 1 is 1.28 bits per heavy atom. The molecule has 0 bridgehead atoms. The third-order valence-electron chi connectivity index (χ3n) is 4.60. The number of piperidine rings is 1. The predicted molar refractivity (Wildman–Crippen MR) is 73.2 cm³/mol. The van der Waals surface area contributed by atoms with Crippen LogP contribution in [0, 0.1) is 19.8 Å². The van der Waals surface area contributed by atoms with E-state index in [4.69, 9.17) is 0 Å². The number of aryl methyl sites for hydroxylation is 2. The summed E-state index contributed by atoms with van der Waals surface area (Å²) in [4.78, 5) is 14.7. The first kappa shape index (κ1) is 11.9. The van der Waals surface area contributed by atoms with Gasteiger partial charge in [0.05, 0.1) is 0 Å². The molecule has 1 heterocycles. The van der Waals surface area contributed by atoms with Crippen LogP contribution in [0.4, 0.5) is 0 Å². The molecule has 0 N–H and O–H groups in total. The molecule has 0 aromatic heterocycles. The summed E-state index contributed by atoms with van der Waals surface area (Å²) in [6, 6.07) is 4.39. The summed E-state index contributed by atoms with van der Waals surface area (Å²) < 4.78 is 0. The molecule has 1 saturated heterocycles. The maximum Gasteiger partial charge on any atom is 0.163 e. The lowest BCUT2D eigenvalue weighted by Crippen LogP contribution is -2.40. The van der Waals surface area contributed by atoms with Crippen LogP contribution >= 0.6 is 0 Å². The van der Waals surface area contributed by atoms with E-state index in [1.807, 2.05) is 0 Å². The van der Waals surface area contributed by atoms with E-state index in [1.54, 1.807) is 0 Å². The molecule has 96 valence electrons.